The zero-order valence-electron chi connectivity index (χ0n) is 14.5. The second-order valence-electron chi connectivity index (χ2n) is 6.30. The fourth-order valence-corrected chi connectivity index (χ4v) is 4.57. The standard InChI is InChI=1S/C16H20INO7S/c1-9-13-12(8-23-26(3,20)21)25-18(14(13)16(19)24-9)7-10-5-4-6-11(17)15(10)22-2/h4-6,9,12-14H,7-8H2,1-3H3/t9-,12-,13+,14-/m0/s1. The Morgan fingerprint density at radius 2 is 2.08 bits per heavy atom. The molecular formula is C16H20INO7S. The van der Waals surface area contributed by atoms with Crippen molar-refractivity contribution in [2.45, 2.75) is 31.7 Å². The maximum Gasteiger partial charge on any atom is 0.326 e. The van der Waals surface area contributed by atoms with E-state index in [0.717, 1.165) is 15.4 Å². The molecule has 0 radical (unpaired) electrons. The van der Waals surface area contributed by atoms with Gasteiger partial charge < -0.3 is 9.47 Å². The molecule has 2 saturated heterocycles. The lowest BCUT2D eigenvalue weighted by Crippen LogP contribution is -2.35. The van der Waals surface area contributed by atoms with E-state index in [4.69, 9.17) is 18.5 Å². The van der Waals surface area contributed by atoms with Crippen LogP contribution in [0.3, 0.4) is 0 Å². The van der Waals surface area contributed by atoms with Crippen LogP contribution in [0.5, 0.6) is 5.75 Å². The van der Waals surface area contributed by atoms with E-state index >= 15 is 0 Å². The van der Waals surface area contributed by atoms with Gasteiger partial charge in [0.2, 0.25) is 0 Å². The largest absolute Gasteiger partial charge is 0.495 e. The number of hydrogen-bond donors (Lipinski definition) is 0. The van der Waals surface area contributed by atoms with E-state index in [9.17, 15) is 13.2 Å². The van der Waals surface area contributed by atoms with Gasteiger partial charge in [0.15, 0.2) is 0 Å². The minimum Gasteiger partial charge on any atom is -0.495 e. The van der Waals surface area contributed by atoms with Crippen LogP contribution in [-0.2, 0) is 35.2 Å². The van der Waals surface area contributed by atoms with Crippen LogP contribution in [-0.4, -0.2) is 57.7 Å². The predicted octanol–water partition coefficient (Wildman–Crippen LogP) is 1.32. The molecule has 0 aliphatic carbocycles. The Morgan fingerprint density at radius 1 is 1.35 bits per heavy atom. The van der Waals surface area contributed by atoms with Crippen molar-refractivity contribution in [1.82, 2.24) is 5.06 Å². The molecule has 8 nitrogen and oxygen atoms in total. The molecule has 0 unspecified atom stereocenters. The topological polar surface area (TPSA) is 91.4 Å². The van der Waals surface area contributed by atoms with Crippen molar-refractivity contribution in [3.05, 3.63) is 27.3 Å². The first kappa shape index (κ1) is 19.8. The molecule has 4 atom stereocenters. The molecule has 1 aromatic carbocycles. The molecule has 2 aliphatic heterocycles. The number of fused-ring (bicyclic) bond motifs is 1. The van der Waals surface area contributed by atoms with E-state index in [1.807, 2.05) is 18.2 Å². The van der Waals surface area contributed by atoms with Crippen LogP contribution in [0.25, 0.3) is 0 Å². The van der Waals surface area contributed by atoms with Gasteiger partial charge in [0.25, 0.3) is 10.1 Å². The summed E-state index contributed by atoms with van der Waals surface area (Å²) in [7, 11) is -2.02. The Morgan fingerprint density at radius 3 is 2.73 bits per heavy atom. The highest BCUT2D eigenvalue weighted by Gasteiger charge is 2.56. The SMILES string of the molecule is COc1c(I)cccc1CN1O[C@@H](COS(C)(=O)=O)[C@H]2[C@H](C)OC(=O)[C@H]21. The van der Waals surface area contributed by atoms with Gasteiger partial charge in [-0.05, 0) is 35.6 Å². The molecule has 0 amide bonds. The molecule has 2 aliphatic rings. The van der Waals surface area contributed by atoms with Crippen LogP contribution >= 0.6 is 22.6 Å². The lowest BCUT2D eigenvalue weighted by molar-refractivity contribution is -0.194. The Labute approximate surface area is 165 Å². The molecule has 2 heterocycles. The number of carbonyl (C=O) groups excluding carboxylic acids is 1. The maximum atomic E-state index is 12.3. The molecule has 3 rings (SSSR count). The van der Waals surface area contributed by atoms with Gasteiger partial charge in [0.05, 0.1) is 36.0 Å². The summed E-state index contributed by atoms with van der Waals surface area (Å²) in [6, 6.07) is 5.10. The predicted molar refractivity (Wildman–Crippen MR) is 99.8 cm³/mol. The van der Waals surface area contributed by atoms with Crippen molar-refractivity contribution in [2.75, 3.05) is 20.0 Å². The smallest absolute Gasteiger partial charge is 0.326 e. The fourth-order valence-electron chi connectivity index (χ4n) is 3.41. The van der Waals surface area contributed by atoms with Gasteiger partial charge in [0.1, 0.15) is 24.0 Å². The van der Waals surface area contributed by atoms with E-state index in [-0.39, 0.29) is 24.6 Å². The molecule has 0 spiro atoms. The molecule has 10 heteroatoms. The van der Waals surface area contributed by atoms with Crippen molar-refractivity contribution in [1.29, 1.82) is 0 Å². The third kappa shape index (κ3) is 3.98. The third-order valence-corrected chi connectivity index (χ3v) is 5.90. The van der Waals surface area contributed by atoms with Gasteiger partial charge in [-0.15, -0.1) is 0 Å². The van der Waals surface area contributed by atoms with Gasteiger partial charge in [-0.2, -0.15) is 13.5 Å². The number of cyclic esters (lactones) is 1. The first-order chi connectivity index (χ1) is 12.2. The van der Waals surface area contributed by atoms with Gasteiger partial charge in [0, 0.05) is 5.56 Å². The molecule has 26 heavy (non-hydrogen) atoms. The number of hydroxylamine groups is 2. The van der Waals surface area contributed by atoms with E-state index < -0.39 is 22.3 Å². The van der Waals surface area contributed by atoms with Crippen LogP contribution in [0.4, 0.5) is 0 Å². The number of rotatable bonds is 6. The molecule has 0 saturated carbocycles. The number of benzene rings is 1. The second-order valence-corrected chi connectivity index (χ2v) is 9.11. The Balaban J connectivity index is 1.83. The first-order valence-electron chi connectivity index (χ1n) is 8.01. The Kier molecular flexibility index (Phi) is 5.78. The molecule has 1 aromatic rings. The van der Waals surface area contributed by atoms with E-state index in [1.54, 1.807) is 19.1 Å². The van der Waals surface area contributed by atoms with Gasteiger partial charge in [-0.3, -0.25) is 13.8 Å². The van der Waals surface area contributed by atoms with Crippen molar-refractivity contribution in [2.24, 2.45) is 5.92 Å². The molecule has 0 bridgehead atoms. The summed E-state index contributed by atoms with van der Waals surface area (Å²) in [5.41, 5.74) is 0.857. The lowest BCUT2D eigenvalue weighted by Gasteiger charge is -2.22. The highest BCUT2D eigenvalue weighted by atomic mass is 127. The molecular weight excluding hydrogens is 477 g/mol. The molecule has 0 aromatic heterocycles. The number of nitrogens with zero attached hydrogens (tertiary/aromatic N) is 1. The fraction of sp³-hybridized carbons (Fsp3) is 0.562. The van der Waals surface area contributed by atoms with Gasteiger partial charge in [-0.1, -0.05) is 12.1 Å². The number of carbonyl (C=O) groups is 1. The number of hydrogen-bond acceptors (Lipinski definition) is 8. The summed E-state index contributed by atoms with van der Waals surface area (Å²) in [4.78, 5) is 18.2. The minimum atomic E-state index is -3.61. The number of para-hydroxylation sites is 1. The van der Waals surface area contributed by atoms with Crippen LogP contribution < -0.4 is 4.74 Å². The summed E-state index contributed by atoms with van der Waals surface area (Å²) < 4.78 is 39.3. The summed E-state index contributed by atoms with van der Waals surface area (Å²) in [5.74, 6) is 0.0236. The van der Waals surface area contributed by atoms with E-state index in [1.165, 1.54) is 0 Å². The van der Waals surface area contributed by atoms with E-state index in [2.05, 4.69) is 22.6 Å². The summed E-state index contributed by atoms with van der Waals surface area (Å²) in [6.07, 6.45) is 0.00155. The number of methoxy groups -OCH3 is 1. The first-order valence-corrected chi connectivity index (χ1v) is 10.9. The van der Waals surface area contributed by atoms with Crippen LogP contribution in [0.15, 0.2) is 18.2 Å². The van der Waals surface area contributed by atoms with Crippen molar-refractivity contribution < 1.29 is 31.7 Å². The van der Waals surface area contributed by atoms with Crippen LogP contribution in [0, 0.1) is 9.49 Å². The van der Waals surface area contributed by atoms with Crippen LogP contribution in [0.1, 0.15) is 12.5 Å². The number of ether oxygens (including phenoxy) is 2. The summed E-state index contributed by atoms with van der Waals surface area (Å²) in [5, 5.41) is 1.54. The lowest BCUT2D eigenvalue weighted by atomic mass is 9.93. The highest BCUT2D eigenvalue weighted by Crippen LogP contribution is 2.39. The Bertz CT molecular complexity index is 800. The van der Waals surface area contributed by atoms with Gasteiger partial charge in [-0.25, -0.2) is 0 Å². The monoisotopic (exact) mass is 497 g/mol. The van der Waals surface area contributed by atoms with Gasteiger partial charge >= 0.3 is 5.97 Å². The second kappa shape index (κ2) is 7.58. The van der Waals surface area contributed by atoms with Crippen molar-refractivity contribution in [3.63, 3.8) is 0 Å². The third-order valence-electron chi connectivity index (χ3n) is 4.49. The van der Waals surface area contributed by atoms with Crippen molar-refractivity contribution in [3.8, 4) is 5.75 Å². The van der Waals surface area contributed by atoms with Crippen molar-refractivity contribution >= 4 is 38.7 Å². The van der Waals surface area contributed by atoms with E-state index in [0.29, 0.717) is 12.3 Å². The van der Waals surface area contributed by atoms with Crippen LogP contribution in [0.2, 0.25) is 0 Å². The average molecular weight is 497 g/mol. The quantitative estimate of drug-likeness (QED) is 0.331. The highest BCUT2D eigenvalue weighted by molar-refractivity contribution is 14.1. The summed E-state index contributed by atoms with van der Waals surface area (Å²) in [6.45, 7) is 1.91. The zero-order chi connectivity index (χ0) is 19.1. The summed E-state index contributed by atoms with van der Waals surface area (Å²) >= 11 is 2.17. The zero-order valence-corrected chi connectivity index (χ0v) is 17.5. The average Bonchev–Trinajstić information content (AvgIpc) is 3.04. The Hall–Kier alpha value is -0.950. The normalized spacial score (nSPS) is 28.8. The minimum absolute atomic E-state index is 0.166. The maximum absolute atomic E-state index is 12.3. The molecule has 144 valence electrons. The molecule has 0 N–H and O–H groups in total. The number of esters is 1. The molecule has 2 fully saturated rings. The number of halogens is 1.